The Hall–Kier alpha value is -6.79. The summed E-state index contributed by atoms with van der Waals surface area (Å²) >= 11 is 0. The highest BCUT2D eigenvalue weighted by atomic mass is 19.1. The number of fused-ring (bicyclic) bond motifs is 4. The van der Waals surface area contributed by atoms with E-state index in [4.69, 9.17) is 9.84 Å². The number of halogens is 2. The third kappa shape index (κ3) is 5.84. The van der Waals surface area contributed by atoms with Crippen molar-refractivity contribution in [3.05, 3.63) is 129 Å². The first-order valence-corrected chi connectivity index (χ1v) is 23.3. The highest BCUT2D eigenvalue weighted by Crippen LogP contribution is 2.65. The minimum absolute atomic E-state index is 0.0657. The number of nitrogens with zero attached hydrogens (tertiary/aromatic N) is 12. The molecule has 1 unspecified atom stereocenters. The van der Waals surface area contributed by atoms with Gasteiger partial charge in [0.1, 0.15) is 22.9 Å². The average molecular weight is 906 g/mol. The van der Waals surface area contributed by atoms with E-state index in [9.17, 15) is 4.79 Å². The van der Waals surface area contributed by atoms with Crippen molar-refractivity contribution in [3.8, 4) is 17.2 Å². The normalized spacial score (nSPS) is 23.1. The Labute approximate surface area is 382 Å². The van der Waals surface area contributed by atoms with Crippen molar-refractivity contribution in [1.29, 1.82) is 0 Å². The lowest BCUT2D eigenvalue weighted by Gasteiger charge is -2.35. The first-order chi connectivity index (χ1) is 32.5. The lowest BCUT2D eigenvalue weighted by molar-refractivity contribution is 0.0661. The fourth-order valence-electron chi connectivity index (χ4n) is 12.2. The molecular weight excluding hydrogens is 857 g/mol. The van der Waals surface area contributed by atoms with E-state index in [1.165, 1.54) is 39.9 Å². The van der Waals surface area contributed by atoms with Crippen LogP contribution >= 0.6 is 0 Å². The number of hydrogen-bond acceptors (Lipinski definition) is 9. The number of aryl methyl sites for hydroxylation is 3. The summed E-state index contributed by atoms with van der Waals surface area (Å²) in [5.41, 5.74) is 4.91. The zero-order valence-electron chi connectivity index (χ0n) is 37.7. The Morgan fingerprint density at radius 2 is 1.66 bits per heavy atom. The van der Waals surface area contributed by atoms with E-state index in [2.05, 4.69) is 53.4 Å². The van der Waals surface area contributed by atoms with Crippen LogP contribution in [0.4, 0.5) is 8.78 Å². The van der Waals surface area contributed by atoms with Gasteiger partial charge in [-0.2, -0.15) is 15.4 Å². The fraction of sp³-hybridized carbons (Fsp3) is 0.408. The van der Waals surface area contributed by atoms with Crippen molar-refractivity contribution in [2.24, 2.45) is 18.9 Å². The van der Waals surface area contributed by atoms with Gasteiger partial charge < -0.3 is 14.2 Å². The van der Waals surface area contributed by atoms with Crippen molar-refractivity contribution in [1.82, 2.24) is 63.7 Å². The summed E-state index contributed by atoms with van der Waals surface area (Å²) in [6.45, 7) is 8.93. The van der Waals surface area contributed by atoms with Crippen LogP contribution in [0.25, 0.3) is 39.0 Å². The van der Waals surface area contributed by atoms with Crippen LogP contribution in [0, 0.1) is 37.3 Å². The van der Waals surface area contributed by atoms with Crippen molar-refractivity contribution >= 4 is 27.7 Å². The van der Waals surface area contributed by atoms with Crippen LogP contribution in [0.5, 0.6) is 0 Å². The number of nitrogens with one attached hydrogen (secondary N) is 1. The summed E-state index contributed by atoms with van der Waals surface area (Å²) in [5, 5.41) is 26.7. The second-order valence-electron chi connectivity index (χ2n) is 19.4. The SMILES string of the molecule is Cc1cc(-n2nc3c(c2-n2ccn(-c4ccc5c(cnn5C)c4F)c2=O)[C@H](C)N(C(=O)c2cc4cc(C5CCOCC5)ccc4n2C2(c4nn[nH]n4)[C@@H]4CN(C5CC5)C[C@@H]42)CC3)cc(C)c1F. The van der Waals surface area contributed by atoms with Crippen LogP contribution in [0.15, 0.2) is 71.9 Å². The molecule has 5 aliphatic rings. The number of carbonyl (C=O) groups is 1. The van der Waals surface area contributed by atoms with E-state index >= 15 is 13.6 Å². The molecular formula is C49H49F2N13O3. The molecule has 0 radical (unpaired) electrons. The van der Waals surface area contributed by atoms with Gasteiger partial charge in [0.2, 0.25) is 5.82 Å². The van der Waals surface area contributed by atoms with Gasteiger partial charge in [-0.05, 0) is 112 Å². The van der Waals surface area contributed by atoms with E-state index in [1.54, 1.807) is 60.7 Å². The predicted octanol–water partition coefficient (Wildman–Crippen LogP) is 6.18. The van der Waals surface area contributed by atoms with Crippen LogP contribution in [0.3, 0.4) is 0 Å². The molecule has 3 aliphatic heterocycles. The molecule has 342 valence electrons. The van der Waals surface area contributed by atoms with Gasteiger partial charge in [-0.25, -0.2) is 18.3 Å². The summed E-state index contributed by atoms with van der Waals surface area (Å²) in [5.74, 6) is 0.619. The van der Waals surface area contributed by atoms with Crippen LogP contribution < -0.4 is 5.69 Å². The molecule has 2 saturated carbocycles. The second kappa shape index (κ2) is 14.6. The number of carbonyl (C=O) groups excluding carboxylic acids is 1. The maximum Gasteiger partial charge on any atom is 0.338 e. The Kier molecular flexibility index (Phi) is 8.82. The molecule has 4 fully saturated rings. The highest BCUT2D eigenvalue weighted by Gasteiger charge is 2.74. The average Bonchev–Trinajstić information content (AvgIpc) is 3.75. The van der Waals surface area contributed by atoms with Crippen LogP contribution in [-0.4, -0.2) is 108 Å². The molecule has 3 aromatic carbocycles. The topological polar surface area (TPSA) is 155 Å². The summed E-state index contributed by atoms with van der Waals surface area (Å²) in [6, 6.07) is 15.4. The molecule has 1 amide bonds. The minimum atomic E-state index is -0.686. The molecule has 4 atom stereocenters. The van der Waals surface area contributed by atoms with E-state index < -0.39 is 23.1 Å². The lowest BCUT2D eigenvalue weighted by atomic mass is 9.91. The zero-order chi connectivity index (χ0) is 45.6. The Morgan fingerprint density at radius 3 is 2.39 bits per heavy atom. The van der Waals surface area contributed by atoms with Gasteiger partial charge in [-0.15, -0.1) is 10.2 Å². The maximum absolute atomic E-state index is 16.2. The number of hydrogen-bond donors (Lipinski definition) is 1. The number of benzene rings is 3. The van der Waals surface area contributed by atoms with E-state index in [0.717, 1.165) is 50.0 Å². The van der Waals surface area contributed by atoms with Gasteiger partial charge in [0.25, 0.3) is 5.91 Å². The number of piperidine rings is 1. The molecule has 13 rings (SSSR count). The summed E-state index contributed by atoms with van der Waals surface area (Å²) in [4.78, 5) is 35.0. The molecule has 2 aliphatic carbocycles. The molecule has 8 aromatic rings. The summed E-state index contributed by atoms with van der Waals surface area (Å²) < 4.78 is 45.3. The van der Waals surface area contributed by atoms with Gasteiger partial charge in [0.05, 0.1) is 40.2 Å². The zero-order valence-corrected chi connectivity index (χ0v) is 37.7. The smallest absolute Gasteiger partial charge is 0.338 e. The standard InChI is InChI=1S/C49H49F2N13O3/c1-26-19-33(20-27(2)43(26)50)64-45(62-16-15-61(48(62)66)40-10-9-39-34(44(40)51)23-52-58(39)4)42-28(3)60(14-11-37(42)55-64)46(65)41-22-31-21-30(29-12-17-67-18-13-29)5-8-38(31)63(41)49(47-53-56-57-54-47)35-24-59(25-36(35)49)32-6-7-32/h5,8-10,15-16,19-23,28-29,32,35-36H,6-7,11-14,17-18,24-25H2,1-4H3,(H,53,54,56,57)/t28-,35-,36+,49?/m0/s1. The number of H-pyrrole nitrogens is 1. The lowest BCUT2D eigenvalue weighted by Crippen LogP contribution is -2.42. The van der Waals surface area contributed by atoms with Gasteiger partial charge >= 0.3 is 5.69 Å². The number of ether oxygens (including phenoxy) is 1. The van der Waals surface area contributed by atoms with E-state index in [1.807, 2.05) is 17.9 Å². The van der Waals surface area contributed by atoms with E-state index in [0.29, 0.717) is 75.8 Å². The monoisotopic (exact) mass is 905 g/mol. The predicted molar refractivity (Wildman–Crippen MR) is 243 cm³/mol. The van der Waals surface area contributed by atoms with E-state index in [-0.39, 0.29) is 34.6 Å². The number of tetrazole rings is 1. The number of likely N-dealkylation sites (tertiary alicyclic amines) is 1. The molecule has 16 nitrogen and oxygen atoms in total. The van der Waals surface area contributed by atoms with Crippen molar-refractivity contribution in [2.75, 3.05) is 32.8 Å². The maximum atomic E-state index is 16.2. The van der Waals surface area contributed by atoms with Gasteiger partial charge in [-0.3, -0.25) is 23.5 Å². The number of aromatic amines is 1. The fourth-order valence-corrected chi connectivity index (χ4v) is 12.2. The summed E-state index contributed by atoms with van der Waals surface area (Å²) in [7, 11) is 1.73. The summed E-state index contributed by atoms with van der Waals surface area (Å²) in [6.07, 6.45) is 9.26. The minimum Gasteiger partial charge on any atom is -0.381 e. The molecule has 67 heavy (non-hydrogen) atoms. The van der Waals surface area contributed by atoms with Gasteiger partial charge in [0, 0.05) is 93.1 Å². The quantitative estimate of drug-likeness (QED) is 0.188. The number of rotatable bonds is 8. The Balaban J connectivity index is 0.958. The number of aromatic nitrogens is 11. The van der Waals surface area contributed by atoms with Gasteiger partial charge in [0.15, 0.2) is 5.82 Å². The molecule has 2 saturated heterocycles. The molecule has 18 heteroatoms. The Bertz CT molecular complexity index is 3350. The van der Waals surface area contributed by atoms with Crippen molar-refractivity contribution < 1.29 is 18.3 Å². The first-order valence-electron chi connectivity index (χ1n) is 23.3. The molecule has 0 bridgehead atoms. The third-order valence-corrected chi connectivity index (χ3v) is 15.7. The van der Waals surface area contributed by atoms with Crippen LogP contribution in [-0.2, 0) is 23.7 Å². The first kappa shape index (κ1) is 40.5. The third-order valence-electron chi connectivity index (χ3n) is 15.7. The molecule has 8 heterocycles. The second-order valence-corrected chi connectivity index (χ2v) is 19.4. The number of imidazole rings is 1. The molecule has 0 spiro atoms. The molecule has 1 N–H and O–H groups in total. The Morgan fingerprint density at radius 1 is 0.910 bits per heavy atom. The van der Waals surface area contributed by atoms with Gasteiger partial charge in [-0.1, -0.05) is 11.3 Å². The van der Waals surface area contributed by atoms with Crippen LogP contribution in [0.1, 0.15) is 88.8 Å². The van der Waals surface area contributed by atoms with Crippen LogP contribution in [0.2, 0.25) is 0 Å². The largest absolute Gasteiger partial charge is 0.381 e. The van der Waals surface area contributed by atoms with Crippen molar-refractivity contribution in [3.63, 3.8) is 0 Å². The highest BCUT2D eigenvalue weighted by molar-refractivity contribution is 6.00. The molecule has 5 aromatic heterocycles. The van der Waals surface area contributed by atoms with Crippen molar-refractivity contribution in [2.45, 2.75) is 76.4 Å². The number of amides is 1.